The zero-order valence-corrected chi connectivity index (χ0v) is 8.31. The summed E-state index contributed by atoms with van der Waals surface area (Å²) >= 11 is 5.41. The number of nitrogens with one attached hydrogen (secondary N) is 1. The van der Waals surface area contributed by atoms with E-state index in [1.54, 1.807) is 6.07 Å². The lowest BCUT2D eigenvalue weighted by molar-refractivity contribution is 0.150. The van der Waals surface area contributed by atoms with Crippen molar-refractivity contribution < 1.29 is 8.78 Å². The van der Waals surface area contributed by atoms with Crippen LogP contribution < -0.4 is 5.56 Å². The number of aromatic amines is 1. The van der Waals surface area contributed by atoms with Crippen LogP contribution in [0.15, 0.2) is 10.9 Å². The Morgan fingerprint density at radius 2 is 2.27 bits per heavy atom. The number of hydrogen-bond acceptors (Lipinski definition) is 2. The lowest BCUT2D eigenvalue weighted by atomic mass is 10.1. The zero-order valence-electron chi connectivity index (χ0n) is 7.56. The molecule has 0 radical (unpaired) electrons. The zero-order chi connectivity index (χ0) is 11.4. The van der Waals surface area contributed by atoms with Gasteiger partial charge in [0.25, 0.3) is 12.0 Å². The number of halogens is 3. The van der Waals surface area contributed by atoms with Gasteiger partial charge in [-0.2, -0.15) is 5.26 Å². The first kappa shape index (κ1) is 11.7. The summed E-state index contributed by atoms with van der Waals surface area (Å²) in [6, 6.07) is 2.76. The Bertz CT molecular complexity index is 450. The van der Waals surface area contributed by atoms with E-state index in [0.29, 0.717) is 0 Å². The molecule has 0 aliphatic carbocycles. The standard InChI is InChI=1S/C9H7ClF2N2O/c10-4-7-6(8(11)12)3-5(1-2-13)9(15)14-7/h3,8H,1,4H2,(H,14,15). The minimum absolute atomic E-state index is 0.00152. The average molecular weight is 233 g/mol. The van der Waals surface area contributed by atoms with E-state index in [1.807, 2.05) is 0 Å². The number of H-pyrrole nitrogens is 1. The van der Waals surface area contributed by atoms with Crippen molar-refractivity contribution in [3.05, 3.63) is 33.2 Å². The van der Waals surface area contributed by atoms with Crippen molar-refractivity contribution in [1.29, 1.82) is 5.26 Å². The lowest BCUT2D eigenvalue weighted by Gasteiger charge is -2.06. The van der Waals surface area contributed by atoms with Crippen LogP contribution in [0.25, 0.3) is 0 Å². The third-order valence-corrected chi connectivity index (χ3v) is 2.14. The summed E-state index contributed by atoms with van der Waals surface area (Å²) in [5.41, 5.74) is -0.841. The maximum atomic E-state index is 12.5. The van der Waals surface area contributed by atoms with E-state index in [9.17, 15) is 13.6 Å². The van der Waals surface area contributed by atoms with Crippen LogP contribution in [0.5, 0.6) is 0 Å². The Labute approximate surface area is 89.3 Å². The molecule has 0 atom stereocenters. The monoisotopic (exact) mass is 232 g/mol. The van der Waals surface area contributed by atoms with Crippen LogP contribution in [0, 0.1) is 11.3 Å². The molecule has 1 aromatic rings. The molecule has 1 N–H and O–H groups in total. The molecule has 0 aliphatic heterocycles. The molecule has 80 valence electrons. The number of pyridine rings is 1. The molecule has 0 spiro atoms. The van der Waals surface area contributed by atoms with Crippen molar-refractivity contribution in [3.63, 3.8) is 0 Å². The Morgan fingerprint density at radius 1 is 1.60 bits per heavy atom. The Morgan fingerprint density at radius 3 is 2.73 bits per heavy atom. The molecule has 0 aromatic carbocycles. The summed E-state index contributed by atoms with van der Waals surface area (Å²) in [7, 11) is 0. The van der Waals surface area contributed by atoms with Crippen molar-refractivity contribution in [2.24, 2.45) is 0 Å². The number of rotatable bonds is 3. The van der Waals surface area contributed by atoms with E-state index in [1.165, 1.54) is 0 Å². The highest BCUT2D eigenvalue weighted by Crippen LogP contribution is 2.22. The van der Waals surface area contributed by atoms with Gasteiger partial charge in [-0.25, -0.2) is 8.78 Å². The van der Waals surface area contributed by atoms with E-state index in [-0.39, 0.29) is 29.1 Å². The molecule has 0 bridgehead atoms. The van der Waals surface area contributed by atoms with Gasteiger partial charge >= 0.3 is 0 Å². The molecule has 1 heterocycles. The van der Waals surface area contributed by atoms with Gasteiger partial charge < -0.3 is 4.98 Å². The smallest absolute Gasteiger partial charge is 0.265 e. The Balaban J connectivity index is 3.32. The second kappa shape index (κ2) is 4.89. The fourth-order valence-electron chi connectivity index (χ4n) is 1.15. The highest BCUT2D eigenvalue weighted by atomic mass is 35.5. The van der Waals surface area contributed by atoms with Gasteiger partial charge in [0.05, 0.1) is 18.4 Å². The van der Waals surface area contributed by atoms with Gasteiger partial charge in [0.15, 0.2) is 0 Å². The summed E-state index contributed by atoms with van der Waals surface area (Å²) in [6.07, 6.45) is -2.91. The minimum Gasteiger partial charge on any atom is -0.324 e. The number of alkyl halides is 3. The molecule has 0 amide bonds. The van der Waals surface area contributed by atoms with Gasteiger partial charge in [0, 0.05) is 16.8 Å². The molecule has 0 unspecified atom stereocenters. The summed E-state index contributed by atoms with van der Waals surface area (Å²) in [4.78, 5) is 13.5. The largest absolute Gasteiger partial charge is 0.324 e. The fourth-order valence-corrected chi connectivity index (χ4v) is 1.37. The SMILES string of the molecule is N#CCc1cc(C(F)F)c(CCl)[nH]c1=O. The van der Waals surface area contributed by atoms with Crippen LogP contribution in [-0.4, -0.2) is 4.98 Å². The molecule has 6 heteroatoms. The molecule has 3 nitrogen and oxygen atoms in total. The fraction of sp³-hybridized carbons (Fsp3) is 0.333. The molecular formula is C9H7ClF2N2O. The molecular weight excluding hydrogens is 226 g/mol. The molecule has 0 saturated carbocycles. The van der Waals surface area contributed by atoms with Crippen LogP contribution in [0.3, 0.4) is 0 Å². The molecule has 0 saturated heterocycles. The maximum Gasteiger partial charge on any atom is 0.265 e. The number of aromatic nitrogens is 1. The molecule has 1 rings (SSSR count). The van der Waals surface area contributed by atoms with Gasteiger partial charge in [-0.05, 0) is 6.07 Å². The van der Waals surface area contributed by atoms with Crippen LogP contribution in [0.4, 0.5) is 8.78 Å². The number of nitriles is 1. The van der Waals surface area contributed by atoms with Gasteiger partial charge in [-0.3, -0.25) is 4.79 Å². The predicted octanol–water partition coefficient (Wildman–Crippen LogP) is 2.12. The van der Waals surface area contributed by atoms with Gasteiger partial charge in [-0.1, -0.05) is 0 Å². The highest BCUT2D eigenvalue weighted by molar-refractivity contribution is 6.17. The van der Waals surface area contributed by atoms with Crippen molar-refractivity contribution in [2.75, 3.05) is 0 Å². The first-order valence-electron chi connectivity index (χ1n) is 4.06. The topological polar surface area (TPSA) is 56.6 Å². The quantitative estimate of drug-likeness (QED) is 0.812. The lowest BCUT2D eigenvalue weighted by Crippen LogP contribution is -2.16. The maximum absolute atomic E-state index is 12.5. The molecule has 1 aromatic heterocycles. The second-order valence-corrected chi connectivity index (χ2v) is 3.09. The first-order chi connectivity index (χ1) is 7.10. The Kier molecular flexibility index (Phi) is 3.81. The summed E-state index contributed by atoms with van der Waals surface area (Å²) in [6.45, 7) is 0. The summed E-state index contributed by atoms with van der Waals surface area (Å²) in [5.74, 6) is -0.193. The van der Waals surface area contributed by atoms with Crippen molar-refractivity contribution >= 4 is 11.6 Å². The van der Waals surface area contributed by atoms with Crippen molar-refractivity contribution in [1.82, 2.24) is 4.98 Å². The van der Waals surface area contributed by atoms with E-state index in [2.05, 4.69) is 4.98 Å². The minimum atomic E-state index is -2.71. The summed E-state index contributed by atoms with van der Waals surface area (Å²) < 4.78 is 25.0. The van der Waals surface area contributed by atoms with Gasteiger partial charge in [-0.15, -0.1) is 11.6 Å². The van der Waals surface area contributed by atoms with E-state index in [0.717, 1.165) is 6.07 Å². The van der Waals surface area contributed by atoms with Crippen molar-refractivity contribution in [3.8, 4) is 6.07 Å². The van der Waals surface area contributed by atoms with Crippen LogP contribution in [0.1, 0.15) is 23.2 Å². The first-order valence-corrected chi connectivity index (χ1v) is 4.59. The van der Waals surface area contributed by atoms with E-state index < -0.39 is 12.0 Å². The van der Waals surface area contributed by atoms with E-state index in [4.69, 9.17) is 16.9 Å². The van der Waals surface area contributed by atoms with E-state index >= 15 is 0 Å². The van der Waals surface area contributed by atoms with Crippen LogP contribution >= 0.6 is 11.6 Å². The summed E-state index contributed by atoms with van der Waals surface area (Å²) in [5, 5.41) is 8.38. The third kappa shape index (κ3) is 2.54. The normalized spacial score (nSPS) is 10.3. The number of hydrogen-bond donors (Lipinski definition) is 1. The van der Waals surface area contributed by atoms with Crippen LogP contribution in [-0.2, 0) is 12.3 Å². The highest BCUT2D eigenvalue weighted by Gasteiger charge is 2.15. The average Bonchev–Trinajstić information content (AvgIpc) is 2.20. The third-order valence-electron chi connectivity index (χ3n) is 1.87. The second-order valence-electron chi connectivity index (χ2n) is 2.83. The van der Waals surface area contributed by atoms with Gasteiger partial charge in [0.1, 0.15) is 0 Å². The van der Waals surface area contributed by atoms with Gasteiger partial charge in [0.2, 0.25) is 0 Å². The van der Waals surface area contributed by atoms with Crippen LogP contribution in [0.2, 0.25) is 0 Å². The molecule has 15 heavy (non-hydrogen) atoms. The molecule has 0 aliphatic rings. The van der Waals surface area contributed by atoms with Crippen molar-refractivity contribution in [2.45, 2.75) is 18.7 Å². The number of nitrogens with zero attached hydrogens (tertiary/aromatic N) is 1. The Hall–Kier alpha value is -1.41. The predicted molar refractivity (Wildman–Crippen MR) is 50.9 cm³/mol. The molecule has 0 fully saturated rings.